The van der Waals surface area contributed by atoms with Gasteiger partial charge in [0.15, 0.2) is 0 Å². The monoisotopic (exact) mass is 339 g/mol. The molecule has 1 fully saturated rings. The van der Waals surface area contributed by atoms with Gasteiger partial charge in [-0.2, -0.15) is 0 Å². The standard InChI is InChI=1S/C19H21N3O3/c20-17(12-14-6-8-16(23)9-7-14)19(25)21-10-11-22(18(24)13-21)15-4-2-1-3-5-15/h1-9,17,23H,10-13,20H2/t17-/m0/s1. The lowest BCUT2D eigenvalue weighted by atomic mass is 10.0. The fourth-order valence-corrected chi connectivity index (χ4v) is 2.95. The van der Waals surface area contributed by atoms with Gasteiger partial charge in [-0.1, -0.05) is 30.3 Å². The van der Waals surface area contributed by atoms with E-state index < -0.39 is 6.04 Å². The van der Waals surface area contributed by atoms with Crippen molar-refractivity contribution in [1.82, 2.24) is 4.90 Å². The zero-order valence-corrected chi connectivity index (χ0v) is 13.8. The van der Waals surface area contributed by atoms with E-state index in [-0.39, 0.29) is 24.1 Å². The van der Waals surface area contributed by atoms with Crippen LogP contribution in [0.1, 0.15) is 5.56 Å². The van der Waals surface area contributed by atoms with Crippen molar-refractivity contribution < 1.29 is 14.7 Å². The fourth-order valence-electron chi connectivity index (χ4n) is 2.95. The van der Waals surface area contributed by atoms with Crippen LogP contribution in [0.15, 0.2) is 54.6 Å². The number of carbonyl (C=O) groups excluding carboxylic acids is 2. The van der Waals surface area contributed by atoms with Crippen molar-refractivity contribution in [3.05, 3.63) is 60.2 Å². The summed E-state index contributed by atoms with van der Waals surface area (Å²) in [4.78, 5) is 28.1. The van der Waals surface area contributed by atoms with E-state index in [2.05, 4.69) is 0 Å². The maximum atomic E-state index is 12.5. The van der Waals surface area contributed by atoms with Crippen LogP contribution in [0.3, 0.4) is 0 Å². The molecule has 0 bridgehead atoms. The maximum Gasteiger partial charge on any atom is 0.246 e. The number of rotatable bonds is 4. The van der Waals surface area contributed by atoms with Crippen LogP contribution in [0.4, 0.5) is 5.69 Å². The highest BCUT2D eigenvalue weighted by atomic mass is 16.3. The summed E-state index contributed by atoms with van der Waals surface area (Å²) >= 11 is 0. The van der Waals surface area contributed by atoms with Gasteiger partial charge < -0.3 is 20.6 Å². The molecule has 1 saturated heterocycles. The van der Waals surface area contributed by atoms with E-state index in [0.29, 0.717) is 19.5 Å². The first-order valence-electron chi connectivity index (χ1n) is 8.22. The molecule has 1 heterocycles. The summed E-state index contributed by atoms with van der Waals surface area (Å²) in [6.45, 7) is 0.959. The smallest absolute Gasteiger partial charge is 0.246 e. The van der Waals surface area contributed by atoms with E-state index in [1.165, 1.54) is 4.90 Å². The maximum absolute atomic E-state index is 12.5. The van der Waals surface area contributed by atoms with Gasteiger partial charge in [0, 0.05) is 18.8 Å². The Morgan fingerprint density at radius 2 is 1.76 bits per heavy atom. The summed E-state index contributed by atoms with van der Waals surface area (Å²) in [6, 6.07) is 15.3. The second-order valence-corrected chi connectivity index (χ2v) is 6.12. The van der Waals surface area contributed by atoms with Crippen LogP contribution in [0.25, 0.3) is 0 Å². The van der Waals surface area contributed by atoms with Crippen LogP contribution in [0.2, 0.25) is 0 Å². The van der Waals surface area contributed by atoms with E-state index in [0.717, 1.165) is 11.3 Å². The number of phenolic OH excluding ortho intramolecular Hbond substituents is 1. The summed E-state index contributed by atoms with van der Waals surface area (Å²) < 4.78 is 0. The minimum atomic E-state index is -0.708. The van der Waals surface area contributed by atoms with Gasteiger partial charge in [-0.15, -0.1) is 0 Å². The number of anilines is 1. The molecule has 0 unspecified atom stereocenters. The van der Waals surface area contributed by atoms with E-state index in [1.54, 1.807) is 29.2 Å². The number of para-hydroxylation sites is 1. The van der Waals surface area contributed by atoms with E-state index >= 15 is 0 Å². The predicted octanol–water partition coefficient (Wildman–Crippen LogP) is 1.14. The molecule has 130 valence electrons. The highest BCUT2D eigenvalue weighted by molar-refractivity contribution is 5.98. The zero-order chi connectivity index (χ0) is 17.8. The Morgan fingerprint density at radius 1 is 1.08 bits per heavy atom. The number of hydrogen-bond acceptors (Lipinski definition) is 4. The average Bonchev–Trinajstić information content (AvgIpc) is 2.63. The summed E-state index contributed by atoms with van der Waals surface area (Å²) in [5.41, 5.74) is 7.74. The van der Waals surface area contributed by atoms with Crippen LogP contribution >= 0.6 is 0 Å². The number of nitrogens with two attached hydrogens (primary N) is 1. The lowest BCUT2D eigenvalue weighted by Crippen LogP contribution is -2.56. The van der Waals surface area contributed by atoms with Crippen LogP contribution < -0.4 is 10.6 Å². The molecule has 0 spiro atoms. The molecular formula is C19H21N3O3. The van der Waals surface area contributed by atoms with Gasteiger partial charge in [-0.25, -0.2) is 0 Å². The van der Waals surface area contributed by atoms with Gasteiger partial charge in [0.2, 0.25) is 11.8 Å². The van der Waals surface area contributed by atoms with Gasteiger partial charge in [0.1, 0.15) is 12.3 Å². The van der Waals surface area contributed by atoms with Crippen LogP contribution in [0, 0.1) is 0 Å². The van der Waals surface area contributed by atoms with Crippen molar-refractivity contribution in [2.24, 2.45) is 5.73 Å². The van der Waals surface area contributed by atoms with Crippen molar-refractivity contribution in [2.45, 2.75) is 12.5 Å². The zero-order valence-electron chi connectivity index (χ0n) is 13.8. The van der Waals surface area contributed by atoms with E-state index in [4.69, 9.17) is 5.73 Å². The molecule has 3 rings (SSSR count). The average molecular weight is 339 g/mol. The fraction of sp³-hybridized carbons (Fsp3) is 0.263. The van der Waals surface area contributed by atoms with Gasteiger partial charge in [0.25, 0.3) is 0 Å². The Balaban J connectivity index is 1.60. The highest BCUT2D eigenvalue weighted by Gasteiger charge is 2.30. The molecule has 2 aromatic rings. The molecule has 6 heteroatoms. The second-order valence-electron chi connectivity index (χ2n) is 6.12. The molecule has 1 aliphatic heterocycles. The SMILES string of the molecule is N[C@@H](Cc1ccc(O)cc1)C(=O)N1CCN(c2ccccc2)C(=O)C1. The number of benzene rings is 2. The molecule has 1 atom stereocenters. The summed E-state index contributed by atoms with van der Waals surface area (Å²) in [6.07, 6.45) is 0.367. The Bertz CT molecular complexity index is 746. The Hall–Kier alpha value is -2.86. The van der Waals surface area contributed by atoms with Crippen LogP contribution in [-0.4, -0.2) is 47.5 Å². The third-order valence-corrected chi connectivity index (χ3v) is 4.31. The van der Waals surface area contributed by atoms with Gasteiger partial charge in [0.05, 0.1) is 6.04 Å². The Labute approximate surface area is 146 Å². The lowest BCUT2D eigenvalue weighted by molar-refractivity contribution is -0.137. The minimum Gasteiger partial charge on any atom is -0.508 e. The first-order valence-corrected chi connectivity index (χ1v) is 8.22. The minimum absolute atomic E-state index is 0.0387. The van der Waals surface area contributed by atoms with Crippen molar-refractivity contribution in [3.8, 4) is 5.75 Å². The molecule has 0 saturated carbocycles. The predicted molar refractivity (Wildman–Crippen MR) is 95.2 cm³/mol. The molecule has 0 aromatic heterocycles. The van der Waals surface area contributed by atoms with Gasteiger partial charge in [-0.05, 0) is 36.2 Å². The summed E-state index contributed by atoms with van der Waals surface area (Å²) in [5.74, 6) is -0.164. The molecule has 0 radical (unpaired) electrons. The Morgan fingerprint density at radius 3 is 2.40 bits per heavy atom. The van der Waals surface area contributed by atoms with E-state index in [9.17, 15) is 14.7 Å². The third-order valence-electron chi connectivity index (χ3n) is 4.31. The number of aromatic hydroxyl groups is 1. The molecule has 25 heavy (non-hydrogen) atoms. The Kier molecular flexibility index (Phi) is 5.00. The number of piperazine rings is 1. The molecule has 3 N–H and O–H groups in total. The van der Waals surface area contributed by atoms with Gasteiger partial charge in [-0.3, -0.25) is 9.59 Å². The molecule has 1 aliphatic rings. The normalized spacial score (nSPS) is 16.0. The number of phenols is 1. The molecule has 2 aromatic carbocycles. The molecule has 6 nitrogen and oxygen atoms in total. The van der Waals surface area contributed by atoms with Crippen molar-refractivity contribution in [2.75, 3.05) is 24.5 Å². The topological polar surface area (TPSA) is 86.9 Å². The molecular weight excluding hydrogens is 318 g/mol. The van der Waals surface area contributed by atoms with Crippen molar-refractivity contribution >= 4 is 17.5 Å². The molecule has 2 amide bonds. The van der Waals surface area contributed by atoms with Gasteiger partial charge >= 0.3 is 0 Å². The molecule has 0 aliphatic carbocycles. The number of amides is 2. The van der Waals surface area contributed by atoms with E-state index in [1.807, 2.05) is 30.3 Å². The number of carbonyl (C=O) groups is 2. The lowest BCUT2D eigenvalue weighted by Gasteiger charge is -2.35. The van der Waals surface area contributed by atoms with Crippen LogP contribution in [-0.2, 0) is 16.0 Å². The second kappa shape index (κ2) is 7.36. The van der Waals surface area contributed by atoms with Crippen molar-refractivity contribution in [1.29, 1.82) is 0 Å². The van der Waals surface area contributed by atoms with Crippen molar-refractivity contribution in [3.63, 3.8) is 0 Å². The first kappa shape index (κ1) is 17.0. The quantitative estimate of drug-likeness (QED) is 0.874. The summed E-state index contributed by atoms with van der Waals surface area (Å²) in [5, 5.41) is 9.30. The summed E-state index contributed by atoms with van der Waals surface area (Å²) in [7, 11) is 0. The third kappa shape index (κ3) is 3.97. The number of hydrogen-bond donors (Lipinski definition) is 2. The highest BCUT2D eigenvalue weighted by Crippen LogP contribution is 2.17. The number of nitrogens with zero attached hydrogens (tertiary/aromatic N) is 2. The first-order chi connectivity index (χ1) is 12.0. The largest absolute Gasteiger partial charge is 0.508 e. The van der Waals surface area contributed by atoms with Crippen LogP contribution in [0.5, 0.6) is 5.75 Å².